The first-order valence-corrected chi connectivity index (χ1v) is 9.53. The van der Waals surface area contributed by atoms with Gasteiger partial charge in [0.15, 0.2) is 12.6 Å². The molecular weight excluding hydrogens is 344 g/mol. The van der Waals surface area contributed by atoms with Crippen LogP contribution in [0.2, 0.25) is 0 Å². The molecule has 2 atom stereocenters. The number of aliphatic hydroxyl groups excluding tert-OH is 2. The summed E-state index contributed by atoms with van der Waals surface area (Å²) in [6.45, 7) is 5.79. The Bertz CT molecular complexity index is 268. The van der Waals surface area contributed by atoms with Crippen LogP contribution in [0.25, 0.3) is 0 Å². The molecule has 0 aliphatic carbocycles. The number of ether oxygens (including phenoxy) is 6. The lowest BCUT2D eigenvalue weighted by molar-refractivity contribution is -0.250. The molecule has 0 saturated heterocycles. The normalized spacial score (nSPS) is 13.8. The van der Waals surface area contributed by atoms with Crippen molar-refractivity contribution >= 4 is 0 Å². The first kappa shape index (κ1) is 25.7. The maximum Gasteiger partial charge on any atom is 0.160 e. The first-order chi connectivity index (χ1) is 12.8. The summed E-state index contributed by atoms with van der Waals surface area (Å²) in [5.74, 6) is 0. The molecule has 8 heteroatoms. The van der Waals surface area contributed by atoms with Crippen LogP contribution in [0, 0.1) is 0 Å². The molecule has 0 radical (unpaired) electrons. The summed E-state index contributed by atoms with van der Waals surface area (Å²) < 4.78 is 32.6. The van der Waals surface area contributed by atoms with Gasteiger partial charge < -0.3 is 38.6 Å². The zero-order valence-corrected chi connectivity index (χ0v) is 16.4. The smallest absolute Gasteiger partial charge is 0.160 e. The summed E-state index contributed by atoms with van der Waals surface area (Å²) in [5.41, 5.74) is 0. The molecule has 8 nitrogen and oxygen atoms in total. The molecule has 2 N–H and O–H groups in total. The standard InChI is InChI=1S/C18H38O8/c1-3-17(25-12-9-20)26-18(7-6-8-19)24-11-5-4-10-22-15-16-23-14-13-21-2/h17-20H,3-16H2,1-2H3. The van der Waals surface area contributed by atoms with Crippen molar-refractivity contribution in [2.24, 2.45) is 0 Å². The molecule has 26 heavy (non-hydrogen) atoms. The third-order valence-electron chi connectivity index (χ3n) is 3.42. The highest BCUT2D eigenvalue weighted by molar-refractivity contribution is 4.51. The average molecular weight is 382 g/mol. The van der Waals surface area contributed by atoms with Crippen molar-refractivity contribution in [3.05, 3.63) is 0 Å². The van der Waals surface area contributed by atoms with Crippen LogP contribution in [-0.2, 0) is 28.4 Å². The molecule has 0 aromatic rings. The second kappa shape index (κ2) is 21.0. The molecule has 0 saturated carbocycles. The largest absolute Gasteiger partial charge is 0.396 e. The Hall–Kier alpha value is -0.320. The highest BCUT2D eigenvalue weighted by Gasteiger charge is 2.16. The minimum Gasteiger partial charge on any atom is -0.396 e. The van der Waals surface area contributed by atoms with Gasteiger partial charge in [-0.2, -0.15) is 0 Å². The summed E-state index contributed by atoms with van der Waals surface area (Å²) in [5, 5.41) is 17.8. The Kier molecular flexibility index (Phi) is 20.7. The molecular formula is C18H38O8. The molecule has 0 fully saturated rings. The van der Waals surface area contributed by atoms with Crippen LogP contribution in [0.15, 0.2) is 0 Å². The minimum atomic E-state index is -0.416. The molecule has 0 rings (SSSR count). The molecule has 0 spiro atoms. The monoisotopic (exact) mass is 382 g/mol. The Morgan fingerprint density at radius 2 is 1.35 bits per heavy atom. The van der Waals surface area contributed by atoms with E-state index in [0.717, 1.165) is 12.8 Å². The molecule has 0 aromatic heterocycles. The Morgan fingerprint density at radius 3 is 2.00 bits per heavy atom. The average Bonchev–Trinajstić information content (AvgIpc) is 2.66. The van der Waals surface area contributed by atoms with Crippen molar-refractivity contribution in [2.75, 3.05) is 66.6 Å². The van der Waals surface area contributed by atoms with Gasteiger partial charge in [-0.1, -0.05) is 6.92 Å². The lowest BCUT2D eigenvalue weighted by Crippen LogP contribution is -2.28. The molecule has 0 aliphatic rings. The minimum absolute atomic E-state index is 0.0422. The fraction of sp³-hybridized carbons (Fsp3) is 1.00. The summed E-state index contributed by atoms with van der Waals surface area (Å²) in [6, 6.07) is 0. The summed E-state index contributed by atoms with van der Waals surface area (Å²) in [6.07, 6.45) is 2.80. The summed E-state index contributed by atoms with van der Waals surface area (Å²) in [4.78, 5) is 0. The van der Waals surface area contributed by atoms with Crippen molar-refractivity contribution in [2.45, 2.75) is 51.6 Å². The van der Waals surface area contributed by atoms with Crippen LogP contribution >= 0.6 is 0 Å². The van der Waals surface area contributed by atoms with Gasteiger partial charge in [-0.05, 0) is 25.7 Å². The van der Waals surface area contributed by atoms with Gasteiger partial charge in [-0.3, -0.25) is 0 Å². The molecule has 0 aliphatic heterocycles. The Morgan fingerprint density at radius 1 is 0.692 bits per heavy atom. The molecule has 0 bridgehead atoms. The predicted octanol–water partition coefficient (Wildman–Crippen LogP) is 1.32. The van der Waals surface area contributed by atoms with Gasteiger partial charge in [0, 0.05) is 33.4 Å². The highest BCUT2D eigenvalue weighted by atomic mass is 16.8. The molecule has 158 valence electrons. The van der Waals surface area contributed by atoms with Crippen molar-refractivity contribution < 1.29 is 38.6 Å². The van der Waals surface area contributed by atoms with Crippen LogP contribution in [0.5, 0.6) is 0 Å². The second-order valence-electron chi connectivity index (χ2n) is 5.66. The van der Waals surface area contributed by atoms with E-state index in [1.54, 1.807) is 7.11 Å². The van der Waals surface area contributed by atoms with Crippen LogP contribution in [0.1, 0.15) is 39.0 Å². The van der Waals surface area contributed by atoms with E-state index in [2.05, 4.69) is 0 Å². The first-order valence-electron chi connectivity index (χ1n) is 9.53. The molecule has 2 unspecified atom stereocenters. The highest BCUT2D eigenvalue weighted by Crippen LogP contribution is 2.12. The Balaban J connectivity index is 3.72. The molecule has 0 heterocycles. The number of unbranched alkanes of at least 4 members (excludes halogenated alkanes) is 1. The number of rotatable bonds is 21. The van der Waals surface area contributed by atoms with E-state index in [-0.39, 0.29) is 19.8 Å². The van der Waals surface area contributed by atoms with Gasteiger partial charge in [-0.25, -0.2) is 0 Å². The van der Waals surface area contributed by atoms with Crippen LogP contribution in [0.3, 0.4) is 0 Å². The third-order valence-corrected chi connectivity index (χ3v) is 3.42. The Labute approximate surface area is 157 Å². The van der Waals surface area contributed by atoms with Gasteiger partial charge in [-0.15, -0.1) is 0 Å². The maximum atomic E-state index is 9.00. The van der Waals surface area contributed by atoms with E-state index in [1.807, 2.05) is 6.92 Å². The van der Waals surface area contributed by atoms with E-state index in [4.69, 9.17) is 38.6 Å². The predicted molar refractivity (Wildman–Crippen MR) is 97.0 cm³/mol. The van der Waals surface area contributed by atoms with Crippen LogP contribution in [-0.4, -0.2) is 89.4 Å². The number of hydrogen-bond donors (Lipinski definition) is 2. The van der Waals surface area contributed by atoms with Gasteiger partial charge in [0.05, 0.1) is 39.6 Å². The SMILES string of the molecule is CCC(OCCO)OC(CCCO)OCCCCOCCOCCOC. The fourth-order valence-electron chi connectivity index (χ4n) is 2.04. The number of aliphatic hydroxyl groups is 2. The van der Waals surface area contributed by atoms with E-state index in [9.17, 15) is 0 Å². The molecule has 0 amide bonds. The van der Waals surface area contributed by atoms with E-state index in [0.29, 0.717) is 58.9 Å². The zero-order chi connectivity index (χ0) is 19.3. The number of hydrogen-bond acceptors (Lipinski definition) is 8. The van der Waals surface area contributed by atoms with Crippen molar-refractivity contribution in [3.8, 4) is 0 Å². The maximum absolute atomic E-state index is 9.00. The van der Waals surface area contributed by atoms with E-state index in [1.165, 1.54) is 0 Å². The zero-order valence-electron chi connectivity index (χ0n) is 16.4. The van der Waals surface area contributed by atoms with Crippen LogP contribution < -0.4 is 0 Å². The van der Waals surface area contributed by atoms with Gasteiger partial charge >= 0.3 is 0 Å². The third kappa shape index (κ3) is 17.1. The van der Waals surface area contributed by atoms with Gasteiger partial charge in [0.2, 0.25) is 0 Å². The lowest BCUT2D eigenvalue weighted by atomic mass is 10.3. The van der Waals surface area contributed by atoms with Crippen molar-refractivity contribution in [1.29, 1.82) is 0 Å². The van der Waals surface area contributed by atoms with Gasteiger partial charge in [0.25, 0.3) is 0 Å². The topological polar surface area (TPSA) is 95.8 Å². The second-order valence-corrected chi connectivity index (χ2v) is 5.66. The summed E-state index contributed by atoms with van der Waals surface area (Å²) >= 11 is 0. The quantitative estimate of drug-likeness (QED) is 0.227. The fourth-order valence-corrected chi connectivity index (χ4v) is 2.04. The van der Waals surface area contributed by atoms with Crippen molar-refractivity contribution in [1.82, 2.24) is 0 Å². The molecule has 0 aromatic carbocycles. The van der Waals surface area contributed by atoms with E-state index >= 15 is 0 Å². The van der Waals surface area contributed by atoms with Crippen molar-refractivity contribution in [3.63, 3.8) is 0 Å². The van der Waals surface area contributed by atoms with E-state index < -0.39 is 12.6 Å². The van der Waals surface area contributed by atoms with Crippen LogP contribution in [0.4, 0.5) is 0 Å². The summed E-state index contributed by atoms with van der Waals surface area (Å²) in [7, 11) is 1.64. The van der Waals surface area contributed by atoms with Gasteiger partial charge in [0.1, 0.15) is 0 Å². The number of methoxy groups -OCH3 is 1. The lowest BCUT2D eigenvalue weighted by Gasteiger charge is -2.24.